The first kappa shape index (κ1) is 25.8. The smallest absolute Gasteiger partial charge is 0.200 e. The van der Waals surface area contributed by atoms with Gasteiger partial charge in [-0.1, -0.05) is 71.2 Å². The van der Waals surface area contributed by atoms with Crippen LogP contribution in [0.4, 0.5) is 8.78 Å². The van der Waals surface area contributed by atoms with Crippen LogP contribution in [0.1, 0.15) is 33.6 Å². The van der Waals surface area contributed by atoms with E-state index in [1.807, 2.05) is 6.92 Å². The Morgan fingerprint density at radius 2 is 1.35 bits per heavy atom. The van der Waals surface area contributed by atoms with Crippen molar-refractivity contribution in [2.75, 3.05) is 7.11 Å². The molecule has 0 heterocycles. The summed E-state index contributed by atoms with van der Waals surface area (Å²) in [5.74, 6) is -2.69. The van der Waals surface area contributed by atoms with Crippen molar-refractivity contribution < 1.29 is 13.5 Å². The second kappa shape index (κ2) is 16.2. The monoisotopic (exact) mass is 324 g/mol. The summed E-state index contributed by atoms with van der Waals surface area (Å²) in [5.41, 5.74) is 0.974. The van der Waals surface area contributed by atoms with Gasteiger partial charge in [0.25, 0.3) is 0 Å². The fraction of sp³-hybridized carbons (Fsp3) is 0.300. The molecule has 1 nitrogen and oxygen atoms in total. The Morgan fingerprint density at radius 1 is 0.913 bits per heavy atom. The fourth-order valence-corrected chi connectivity index (χ4v) is 0.922. The van der Waals surface area contributed by atoms with Gasteiger partial charge in [0, 0.05) is 5.57 Å². The lowest BCUT2D eigenvalue weighted by Gasteiger charge is -2.06. The van der Waals surface area contributed by atoms with Crippen LogP contribution in [0.2, 0.25) is 0 Å². The van der Waals surface area contributed by atoms with Gasteiger partial charge in [-0.25, -0.2) is 4.39 Å². The Balaban J connectivity index is -0.000000710. The summed E-state index contributed by atoms with van der Waals surface area (Å²) in [4.78, 5) is 0. The Morgan fingerprint density at radius 3 is 1.70 bits per heavy atom. The van der Waals surface area contributed by atoms with Crippen molar-refractivity contribution in [3.63, 3.8) is 0 Å². The van der Waals surface area contributed by atoms with Gasteiger partial charge >= 0.3 is 0 Å². The molecular formula is C20H30F2O. The topological polar surface area (TPSA) is 9.23 Å². The third-order valence-corrected chi connectivity index (χ3v) is 2.31. The Kier molecular flexibility index (Phi) is 18.2. The van der Waals surface area contributed by atoms with E-state index in [2.05, 4.69) is 58.1 Å². The molecule has 130 valence electrons. The molecule has 0 saturated heterocycles. The normalized spacial score (nSPS) is 10.3. The lowest BCUT2D eigenvalue weighted by atomic mass is 10.1. The first-order valence-corrected chi connectivity index (χ1v) is 7.29. The van der Waals surface area contributed by atoms with Crippen LogP contribution in [0.5, 0.6) is 0 Å². The lowest BCUT2D eigenvalue weighted by Crippen LogP contribution is -1.93. The number of ether oxygens (including phenoxy) is 1. The van der Waals surface area contributed by atoms with Crippen molar-refractivity contribution in [2.24, 2.45) is 0 Å². The number of halogens is 2. The van der Waals surface area contributed by atoms with Crippen LogP contribution in [0, 0.1) is 0 Å². The summed E-state index contributed by atoms with van der Waals surface area (Å²) in [5, 5.41) is 0. The van der Waals surface area contributed by atoms with Crippen molar-refractivity contribution in [1.82, 2.24) is 0 Å². The maximum atomic E-state index is 13.6. The number of hydrogen-bond acceptors (Lipinski definition) is 1. The summed E-state index contributed by atoms with van der Waals surface area (Å²) in [7, 11) is 1.21. The SMILES string of the molecule is C=C.C=C(/C=C\C(=C)C(=C)/C(F)=C(/F)C(=C)OC)CC.CCC. The molecule has 0 aliphatic carbocycles. The molecule has 0 aromatic rings. The highest BCUT2D eigenvalue weighted by atomic mass is 19.2. The van der Waals surface area contributed by atoms with Crippen LogP contribution in [0.3, 0.4) is 0 Å². The largest absolute Gasteiger partial charge is 0.494 e. The number of hydrogen-bond donors (Lipinski definition) is 0. The Labute approximate surface area is 140 Å². The van der Waals surface area contributed by atoms with Crippen LogP contribution >= 0.6 is 0 Å². The first-order valence-electron chi connectivity index (χ1n) is 7.29. The van der Waals surface area contributed by atoms with E-state index < -0.39 is 11.7 Å². The standard InChI is InChI=1S/C15H18F2O.C3H8.C2H4/c1-7-10(2)8-9-11(3)12(4)14(16)15(17)13(5)18-6;1-3-2;1-2/h8-9H,2-5,7H2,1,6H3;3H2,1-2H3;1-2H2/b9-8-,15-14-;;. The average molecular weight is 324 g/mol. The van der Waals surface area contributed by atoms with E-state index in [0.717, 1.165) is 12.0 Å². The molecule has 0 fully saturated rings. The summed E-state index contributed by atoms with van der Waals surface area (Å²) in [6.07, 6.45) is 5.24. The van der Waals surface area contributed by atoms with E-state index in [1.54, 1.807) is 6.08 Å². The predicted octanol–water partition coefficient (Wildman–Crippen LogP) is 7.15. The van der Waals surface area contributed by atoms with Crippen LogP contribution < -0.4 is 0 Å². The van der Waals surface area contributed by atoms with Gasteiger partial charge in [-0.2, -0.15) is 4.39 Å². The molecule has 3 heteroatoms. The van der Waals surface area contributed by atoms with E-state index in [-0.39, 0.29) is 16.9 Å². The molecule has 0 spiro atoms. The quantitative estimate of drug-likeness (QED) is 0.274. The number of allylic oxidation sites excluding steroid dienone is 7. The summed E-state index contributed by atoms with van der Waals surface area (Å²) in [6, 6.07) is 0. The Hall–Kier alpha value is -2.16. The van der Waals surface area contributed by atoms with Crippen molar-refractivity contribution in [2.45, 2.75) is 33.6 Å². The van der Waals surface area contributed by atoms with Crippen molar-refractivity contribution in [3.8, 4) is 0 Å². The van der Waals surface area contributed by atoms with E-state index in [1.165, 1.54) is 19.6 Å². The molecule has 0 bridgehead atoms. The van der Waals surface area contributed by atoms with Gasteiger partial charge in [0.05, 0.1) is 7.11 Å². The van der Waals surface area contributed by atoms with Gasteiger partial charge in [0.2, 0.25) is 5.83 Å². The highest BCUT2D eigenvalue weighted by Crippen LogP contribution is 2.26. The zero-order valence-electron chi connectivity index (χ0n) is 15.0. The third-order valence-electron chi connectivity index (χ3n) is 2.31. The molecule has 23 heavy (non-hydrogen) atoms. The highest BCUT2D eigenvalue weighted by Gasteiger charge is 2.14. The van der Waals surface area contributed by atoms with Gasteiger partial charge < -0.3 is 4.74 Å². The van der Waals surface area contributed by atoms with E-state index in [4.69, 9.17) is 0 Å². The van der Waals surface area contributed by atoms with Crippen LogP contribution in [-0.4, -0.2) is 7.11 Å². The molecule has 0 aromatic carbocycles. The van der Waals surface area contributed by atoms with Gasteiger partial charge in [0.1, 0.15) is 5.76 Å². The summed E-state index contributed by atoms with van der Waals surface area (Å²) >= 11 is 0. The van der Waals surface area contributed by atoms with Crippen LogP contribution in [0.15, 0.2) is 85.8 Å². The zero-order chi connectivity index (χ0) is 19.0. The second-order valence-corrected chi connectivity index (χ2v) is 4.31. The molecule has 0 amide bonds. The van der Waals surface area contributed by atoms with Gasteiger partial charge in [0.15, 0.2) is 5.83 Å². The van der Waals surface area contributed by atoms with Gasteiger partial charge in [-0.15, -0.1) is 13.2 Å². The molecule has 0 rings (SSSR count). The maximum absolute atomic E-state index is 13.6. The summed E-state index contributed by atoms with van der Waals surface area (Å²) in [6.45, 7) is 26.2. The number of rotatable bonds is 7. The molecule has 0 unspecified atom stereocenters. The highest BCUT2D eigenvalue weighted by molar-refractivity contribution is 5.49. The van der Waals surface area contributed by atoms with E-state index >= 15 is 0 Å². The minimum absolute atomic E-state index is 0.147. The van der Waals surface area contributed by atoms with E-state index in [0.29, 0.717) is 0 Å². The molecule has 0 atom stereocenters. The lowest BCUT2D eigenvalue weighted by molar-refractivity contribution is 0.281. The molecule has 0 radical (unpaired) electrons. The summed E-state index contributed by atoms with van der Waals surface area (Å²) < 4.78 is 31.5. The Bertz CT molecular complexity index is 468. The molecule has 0 aliphatic rings. The van der Waals surface area contributed by atoms with Crippen LogP contribution in [0.25, 0.3) is 0 Å². The zero-order valence-corrected chi connectivity index (χ0v) is 15.0. The fourth-order valence-electron chi connectivity index (χ4n) is 0.922. The minimum Gasteiger partial charge on any atom is -0.494 e. The van der Waals surface area contributed by atoms with Gasteiger partial charge in [-0.3, -0.25) is 0 Å². The van der Waals surface area contributed by atoms with Crippen LogP contribution in [-0.2, 0) is 4.74 Å². The van der Waals surface area contributed by atoms with Crippen molar-refractivity contribution in [3.05, 3.63) is 85.8 Å². The third kappa shape index (κ3) is 12.1. The van der Waals surface area contributed by atoms with E-state index in [9.17, 15) is 8.78 Å². The predicted molar refractivity (Wildman–Crippen MR) is 99.5 cm³/mol. The molecule has 0 saturated carbocycles. The molecule has 0 N–H and O–H groups in total. The molecule has 0 aromatic heterocycles. The minimum atomic E-state index is -1.17. The molecule has 0 aliphatic heterocycles. The van der Waals surface area contributed by atoms with Crippen molar-refractivity contribution >= 4 is 0 Å². The number of methoxy groups -OCH3 is 1. The average Bonchev–Trinajstić information content (AvgIpc) is 2.58. The molecular weight excluding hydrogens is 294 g/mol. The van der Waals surface area contributed by atoms with Gasteiger partial charge in [-0.05, 0) is 12.0 Å². The van der Waals surface area contributed by atoms with Crippen molar-refractivity contribution in [1.29, 1.82) is 0 Å². The second-order valence-electron chi connectivity index (χ2n) is 4.31. The maximum Gasteiger partial charge on any atom is 0.200 e. The first-order chi connectivity index (χ1) is 10.8.